The SMILES string of the molecule is CNC(=O)N1CCCC1C(=O)NNc1ccccc1F. The van der Waals surface area contributed by atoms with Gasteiger partial charge in [0.1, 0.15) is 11.9 Å². The van der Waals surface area contributed by atoms with E-state index in [1.807, 2.05) is 0 Å². The van der Waals surface area contributed by atoms with Crippen molar-refractivity contribution < 1.29 is 14.0 Å². The number of hydrogen-bond donors (Lipinski definition) is 3. The zero-order chi connectivity index (χ0) is 14.5. The number of hydrazine groups is 1. The van der Waals surface area contributed by atoms with Gasteiger partial charge in [-0.3, -0.25) is 15.6 Å². The third-order valence-corrected chi connectivity index (χ3v) is 3.22. The molecule has 2 rings (SSSR count). The fraction of sp³-hybridized carbons (Fsp3) is 0.385. The maximum Gasteiger partial charge on any atom is 0.317 e. The van der Waals surface area contributed by atoms with E-state index in [4.69, 9.17) is 0 Å². The molecule has 1 saturated heterocycles. The molecule has 6 nitrogen and oxygen atoms in total. The van der Waals surface area contributed by atoms with Crippen LogP contribution in [0.25, 0.3) is 0 Å². The average Bonchev–Trinajstić information content (AvgIpc) is 2.94. The van der Waals surface area contributed by atoms with E-state index in [0.717, 1.165) is 6.42 Å². The molecule has 3 amide bonds. The first-order chi connectivity index (χ1) is 9.63. The molecule has 1 aliphatic heterocycles. The Bertz CT molecular complexity index is 509. The lowest BCUT2D eigenvalue weighted by atomic mass is 10.2. The molecule has 0 spiro atoms. The Hall–Kier alpha value is -2.31. The first-order valence-corrected chi connectivity index (χ1v) is 6.42. The van der Waals surface area contributed by atoms with E-state index in [2.05, 4.69) is 16.2 Å². The van der Waals surface area contributed by atoms with Gasteiger partial charge >= 0.3 is 6.03 Å². The lowest BCUT2D eigenvalue weighted by Crippen LogP contribution is -2.50. The van der Waals surface area contributed by atoms with Crippen LogP contribution in [0.2, 0.25) is 0 Å². The summed E-state index contributed by atoms with van der Waals surface area (Å²) in [6.45, 7) is 0.539. The molecule has 1 unspecified atom stereocenters. The minimum Gasteiger partial charge on any atom is -0.341 e. The summed E-state index contributed by atoms with van der Waals surface area (Å²) in [5.74, 6) is -0.809. The summed E-state index contributed by atoms with van der Waals surface area (Å²) < 4.78 is 13.4. The Balaban J connectivity index is 1.95. The molecule has 1 atom stereocenters. The van der Waals surface area contributed by atoms with Crippen LogP contribution in [-0.2, 0) is 4.79 Å². The van der Waals surface area contributed by atoms with E-state index in [0.29, 0.717) is 13.0 Å². The number of halogens is 1. The number of urea groups is 1. The van der Waals surface area contributed by atoms with E-state index >= 15 is 0 Å². The molecule has 0 bridgehead atoms. The van der Waals surface area contributed by atoms with Crippen molar-refractivity contribution in [2.24, 2.45) is 0 Å². The van der Waals surface area contributed by atoms with Crippen LogP contribution in [0.3, 0.4) is 0 Å². The zero-order valence-corrected chi connectivity index (χ0v) is 11.1. The predicted octanol–water partition coefficient (Wildman–Crippen LogP) is 1.07. The summed E-state index contributed by atoms with van der Waals surface area (Å²) in [4.78, 5) is 25.1. The van der Waals surface area contributed by atoms with Gasteiger partial charge in [0.2, 0.25) is 0 Å². The van der Waals surface area contributed by atoms with Crippen molar-refractivity contribution in [3.05, 3.63) is 30.1 Å². The van der Waals surface area contributed by atoms with Crippen molar-refractivity contribution in [3.63, 3.8) is 0 Å². The molecular formula is C13H17FN4O2. The average molecular weight is 280 g/mol. The van der Waals surface area contributed by atoms with Gasteiger partial charge in [0, 0.05) is 13.6 Å². The number of anilines is 1. The fourth-order valence-corrected chi connectivity index (χ4v) is 2.20. The Morgan fingerprint density at radius 2 is 2.10 bits per heavy atom. The number of likely N-dealkylation sites (tertiary alicyclic amines) is 1. The largest absolute Gasteiger partial charge is 0.341 e. The highest BCUT2D eigenvalue weighted by Gasteiger charge is 2.33. The van der Waals surface area contributed by atoms with Crippen molar-refractivity contribution in [3.8, 4) is 0 Å². The highest BCUT2D eigenvalue weighted by atomic mass is 19.1. The third kappa shape index (κ3) is 2.98. The van der Waals surface area contributed by atoms with E-state index in [9.17, 15) is 14.0 Å². The van der Waals surface area contributed by atoms with E-state index in [-0.39, 0.29) is 17.6 Å². The summed E-state index contributed by atoms with van der Waals surface area (Å²) in [6.07, 6.45) is 1.36. The van der Waals surface area contributed by atoms with Crippen molar-refractivity contribution in [1.82, 2.24) is 15.6 Å². The molecule has 0 aromatic heterocycles. The van der Waals surface area contributed by atoms with Gasteiger partial charge < -0.3 is 10.2 Å². The second-order valence-corrected chi connectivity index (χ2v) is 4.50. The maximum absolute atomic E-state index is 13.4. The molecule has 1 heterocycles. The van der Waals surface area contributed by atoms with Crippen LogP contribution in [0, 0.1) is 5.82 Å². The molecular weight excluding hydrogens is 263 g/mol. The molecule has 1 aromatic carbocycles. The smallest absolute Gasteiger partial charge is 0.317 e. The predicted molar refractivity (Wildman–Crippen MR) is 72.3 cm³/mol. The van der Waals surface area contributed by atoms with Crippen LogP contribution in [-0.4, -0.2) is 36.5 Å². The molecule has 0 saturated carbocycles. The van der Waals surface area contributed by atoms with Gasteiger partial charge in [-0.2, -0.15) is 0 Å². The number of nitrogens with one attached hydrogen (secondary N) is 3. The number of rotatable bonds is 3. The second kappa shape index (κ2) is 6.23. The number of nitrogens with zero attached hydrogens (tertiary/aromatic N) is 1. The summed E-state index contributed by atoms with van der Waals surface area (Å²) >= 11 is 0. The van der Waals surface area contributed by atoms with E-state index in [1.54, 1.807) is 12.1 Å². The summed E-state index contributed by atoms with van der Waals surface area (Å²) in [5, 5.41) is 2.50. The Morgan fingerprint density at radius 3 is 2.80 bits per heavy atom. The van der Waals surface area contributed by atoms with Gasteiger partial charge in [0.15, 0.2) is 0 Å². The number of amides is 3. The quantitative estimate of drug-likeness (QED) is 0.725. The highest BCUT2D eigenvalue weighted by molar-refractivity contribution is 5.88. The van der Waals surface area contributed by atoms with E-state index in [1.165, 1.54) is 24.1 Å². The topological polar surface area (TPSA) is 73.5 Å². The number of para-hydroxylation sites is 1. The molecule has 1 aromatic rings. The standard InChI is InChI=1S/C13H17FN4O2/c1-15-13(20)18-8-4-7-11(18)12(19)17-16-10-6-3-2-5-9(10)14/h2-3,5-6,11,16H,4,7-8H2,1H3,(H,15,20)(H,17,19). The van der Waals surface area contributed by atoms with Crippen LogP contribution in [0.15, 0.2) is 24.3 Å². The maximum atomic E-state index is 13.4. The molecule has 20 heavy (non-hydrogen) atoms. The molecule has 0 radical (unpaired) electrons. The summed E-state index contributed by atoms with van der Waals surface area (Å²) in [6, 6.07) is 5.21. The van der Waals surface area contributed by atoms with Crippen LogP contribution < -0.4 is 16.2 Å². The Morgan fingerprint density at radius 1 is 1.35 bits per heavy atom. The normalized spacial score (nSPS) is 17.7. The van der Waals surface area contributed by atoms with Crippen LogP contribution in [0.5, 0.6) is 0 Å². The number of benzene rings is 1. The molecule has 108 valence electrons. The van der Waals surface area contributed by atoms with Gasteiger partial charge in [0.05, 0.1) is 5.69 Å². The molecule has 3 N–H and O–H groups in total. The van der Waals surface area contributed by atoms with Gasteiger partial charge in [-0.15, -0.1) is 0 Å². The van der Waals surface area contributed by atoms with E-state index < -0.39 is 11.9 Å². The van der Waals surface area contributed by atoms with Crippen molar-refractivity contribution in [1.29, 1.82) is 0 Å². The van der Waals surface area contributed by atoms with Crippen molar-refractivity contribution in [2.75, 3.05) is 19.0 Å². The highest BCUT2D eigenvalue weighted by Crippen LogP contribution is 2.17. The Kier molecular flexibility index (Phi) is 4.39. The summed E-state index contributed by atoms with van der Waals surface area (Å²) in [5.41, 5.74) is 5.16. The molecule has 0 aliphatic carbocycles. The van der Waals surface area contributed by atoms with Gasteiger partial charge in [-0.05, 0) is 25.0 Å². The number of carbonyl (C=O) groups excluding carboxylic acids is 2. The number of hydrogen-bond acceptors (Lipinski definition) is 3. The molecule has 1 aliphatic rings. The van der Waals surface area contributed by atoms with Crippen molar-refractivity contribution >= 4 is 17.6 Å². The Labute approximate surface area is 116 Å². The first-order valence-electron chi connectivity index (χ1n) is 6.42. The summed E-state index contributed by atoms with van der Waals surface area (Å²) in [7, 11) is 1.52. The van der Waals surface area contributed by atoms with Crippen LogP contribution >= 0.6 is 0 Å². The zero-order valence-electron chi connectivity index (χ0n) is 11.1. The molecule has 1 fully saturated rings. The van der Waals surface area contributed by atoms with Gasteiger partial charge in [-0.1, -0.05) is 12.1 Å². The lowest BCUT2D eigenvalue weighted by molar-refractivity contribution is -0.124. The lowest BCUT2D eigenvalue weighted by Gasteiger charge is -2.23. The van der Waals surface area contributed by atoms with Crippen LogP contribution in [0.1, 0.15) is 12.8 Å². The third-order valence-electron chi connectivity index (χ3n) is 3.22. The minimum absolute atomic E-state index is 0.185. The van der Waals surface area contributed by atoms with Gasteiger partial charge in [-0.25, -0.2) is 9.18 Å². The minimum atomic E-state index is -0.533. The first kappa shape index (κ1) is 14.1. The fourth-order valence-electron chi connectivity index (χ4n) is 2.20. The molecule has 7 heteroatoms. The monoisotopic (exact) mass is 280 g/mol. The number of carbonyl (C=O) groups is 2. The van der Waals surface area contributed by atoms with Crippen LogP contribution in [0.4, 0.5) is 14.9 Å². The second-order valence-electron chi connectivity index (χ2n) is 4.50. The van der Waals surface area contributed by atoms with Crippen molar-refractivity contribution in [2.45, 2.75) is 18.9 Å². The van der Waals surface area contributed by atoms with Gasteiger partial charge in [0.25, 0.3) is 5.91 Å².